The number of benzene rings is 3. The molecular weight excluding hydrogens is 469 g/mol. The maximum atomic E-state index is 13.6. The highest BCUT2D eigenvalue weighted by Crippen LogP contribution is 2.21. The molecule has 3 aromatic carbocycles. The van der Waals surface area contributed by atoms with Gasteiger partial charge in [0.05, 0.1) is 23.4 Å². The Morgan fingerprint density at radius 3 is 2.51 bits per heavy atom. The van der Waals surface area contributed by atoms with Crippen molar-refractivity contribution in [1.29, 1.82) is 0 Å². The maximum Gasteiger partial charge on any atom is 0.318 e. The van der Waals surface area contributed by atoms with Crippen molar-refractivity contribution in [1.82, 2.24) is 24.7 Å². The molecule has 37 heavy (non-hydrogen) atoms. The van der Waals surface area contributed by atoms with Gasteiger partial charge < -0.3 is 19.7 Å². The van der Waals surface area contributed by atoms with Gasteiger partial charge in [0.25, 0.3) is 5.91 Å². The Bertz CT molecular complexity index is 1400. The lowest BCUT2D eigenvalue weighted by Crippen LogP contribution is -2.44. The quantitative estimate of drug-likeness (QED) is 0.430. The molecule has 7 nitrogen and oxygen atoms in total. The van der Waals surface area contributed by atoms with Crippen LogP contribution in [-0.2, 0) is 6.54 Å². The summed E-state index contributed by atoms with van der Waals surface area (Å²) in [4.78, 5) is 34.5. The van der Waals surface area contributed by atoms with Crippen LogP contribution in [0.5, 0.6) is 0 Å². The molecule has 0 bridgehead atoms. The van der Waals surface area contributed by atoms with Gasteiger partial charge in [-0.1, -0.05) is 42.0 Å². The maximum absolute atomic E-state index is 13.6. The number of fused-ring (bicyclic) bond motifs is 1. The van der Waals surface area contributed by atoms with Crippen molar-refractivity contribution in [2.45, 2.75) is 25.9 Å². The van der Waals surface area contributed by atoms with Gasteiger partial charge in [0.1, 0.15) is 5.82 Å². The number of hydrogen-bond donors (Lipinski definition) is 1. The van der Waals surface area contributed by atoms with Crippen LogP contribution in [0.3, 0.4) is 0 Å². The zero-order valence-corrected chi connectivity index (χ0v) is 20.8. The molecule has 1 aliphatic rings. The smallest absolute Gasteiger partial charge is 0.318 e. The Morgan fingerprint density at radius 1 is 0.946 bits per heavy atom. The van der Waals surface area contributed by atoms with Gasteiger partial charge in [-0.05, 0) is 55.3 Å². The van der Waals surface area contributed by atoms with Gasteiger partial charge in [-0.2, -0.15) is 0 Å². The number of aromatic nitrogens is 2. The summed E-state index contributed by atoms with van der Waals surface area (Å²) < 4.78 is 15.6. The Morgan fingerprint density at radius 2 is 1.70 bits per heavy atom. The predicted octanol–water partition coefficient (Wildman–Crippen LogP) is 4.78. The van der Waals surface area contributed by atoms with E-state index >= 15 is 0 Å². The number of nitrogens with zero attached hydrogens (tertiary/aromatic N) is 4. The number of carbonyl (C=O) groups excluding carboxylic acids is 2. The van der Waals surface area contributed by atoms with Crippen LogP contribution in [0.1, 0.15) is 33.9 Å². The highest BCUT2D eigenvalue weighted by molar-refractivity contribution is 5.94. The highest BCUT2D eigenvalue weighted by atomic mass is 19.1. The first kappa shape index (κ1) is 24.5. The minimum atomic E-state index is -0.390. The molecule has 0 saturated carbocycles. The fraction of sp³-hybridized carbons (Fsp3) is 0.276. The lowest BCUT2D eigenvalue weighted by molar-refractivity contribution is 0.0762. The molecule has 0 spiro atoms. The van der Waals surface area contributed by atoms with Crippen LogP contribution in [0.15, 0.2) is 79.1 Å². The molecule has 190 valence electrons. The molecule has 1 atom stereocenters. The van der Waals surface area contributed by atoms with Crippen LogP contribution in [0.2, 0.25) is 0 Å². The van der Waals surface area contributed by atoms with E-state index in [1.807, 2.05) is 64.9 Å². The molecule has 2 heterocycles. The van der Waals surface area contributed by atoms with Crippen molar-refractivity contribution in [3.8, 4) is 0 Å². The average molecular weight is 500 g/mol. The lowest BCUT2D eigenvalue weighted by atomic mass is 10.1. The van der Waals surface area contributed by atoms with E-state index < -0.39 is 0 Å². The van der Waals surface area contributed by atoms with Crippen molar-refractivity contribution in [2.75, 3.05) is 26.2 Å². The minimum absolute atomic E-state index is 0.0119. The van der Waals surface area contributed by atoms with Gasteiger partial charge in [-0.25, -0.2) is 14.2 Å². The Labute approximate surface area is 215 Å². The van der Waals surface area contributed by atoms with Crippen LogP contribution >= 0.6 is 0 Å². The van der Waals surface area contributed by atoms with Crippen molar-refractivity contribution in [2.24, 2.45) is 0 Å². The Hall–Kier alpha value is -4.20. The molecule has 0 radical (unpaired) electrons. The predicted molar refractivity (Wildman–Crippen MR) is 141 cm³/mol. The number of amides is 3. The van der Waals surface area contributed by atoms with E-state index in [9.17, 15) is 14.0 Å². The number of halogens is 1. The van der Waals surface area contributed by atoms with Crippen LogP contribution in [-0.4, -0.2) is 57.5 Å². The fourth-order valence-corrected chi connectivity index (χ4v) is 4.81. The summed E-state index contributed by atoms with van der Waals surface area (Å²) in [5.41, 5.74) is 4.35. The number of carbonyl (C=O) groups is 2. The van der Waals surface area contributed by atoms with Gasteiger partial charge in [0, 0.05) is 38.3 Å². The third-order valence-corrected chi connectivity index (χ3v) is 6.81. The highest BCUT2D eigenvalue weighted by Gasteiger charge is 2.25. The van der Waals surface area contributed by atoms with Crippen LogP contribution in [0, 0.1) is 12.7 Å². The molecule has 1 fully saturated rings. The molecule has 0 aliphatic carbocycles. The molecule has 5 rings (SSSR count). The third-order valence-electron chi connectivity index (χ3n) is 6.81. The number of urea groups is 1. The van der Waals surface area contributed by atoms with Crippen LogP contribution in [0.4, 0.5) is 9.18 Å². The van der Waals surface area contributed by atoms with Gasteiger partial charge in [0.15, 0.2) is 0 Å². The van der Waals surface area contributed by atoms with E-state index in [1.165, 1.54) is 12.1 Å². The first-order chi connectivity index (χ1) is 18.0. The van der Waals surface area contributed by atoms with Crippen molar-refractivity contribution in [3.05, 3.63) is 102 Å². The fourth-order valence-electron chi connectivity index (χ4n) is 4.81. The molecule has 4 aromatic rings. The van der Waals surface area contributed by atoms with Crippen LogP contribution in [0.25, 0.3) is 11.0 Å². The molecule has 1 N–H and O–H groups in total. The summed E-state index contributed by atoms with van der Waals surface area (Å²) in [6.45, 7) is 4.47. The summed E-state index contributed by atoms with van der Waals surface area (Å²) in [7, 11) is 0. The topological polar surface area (TPSA) is 70.5 Å². The number of rotatable bonds is 5. The zero-order valence-electron chi connectivity index (χ0n) is 20.8. The second kappa shape index (κ2) is 10.8. The Balaban J connectivity index is 1.30. The summed E-state index contributed by atoms with van der Waals surface area (Å²) in [6, 6.07) is 21.0. The zero-order chi connectivity index (χ0) is 25.8. The molecule has 1 aliphatic heterocycles. The molecule has 1 unspecified atom stereocenters. The first-order valence-corrected chi connectivity index (χ1v) is 12.5. The number of hydrogen-bond acceptors (Lipinski definition) is 3. The molecule has 3 amide bonds. The summed E-state index contributed by atoms with van der Waals surface area (Å²) in [5.74, 6) is -0.338. The molecular formula is C29H30FN5O2. The summed E-state index contributed by atoms with van der Waals surface area (Å²) in [5, 5.41) is 3.15. The van der Waals surface area contributed by atoms with E-state index in [1.54, 1.807) is 23.4 Å². The minimum Gasteiger partial charge on any atom is -0.337 e. The first-order valence-electron chi connectivity index (χ1n) is 12.5. The summed E-state index contributed by atoms with van der Waals surface area (Å²) in [6.07, 6.45) is 2.45. The van der Waals surface area contributed by atoms with E-state index in [2.05, 4.69) is 10.3 Å². The lowest BCUT2D eigenvalue weighted by Gasteiger charge is -2.26. The number of imidazole rings is 1. The van der Waals surface area contributed by atoms with E-state index in [4.69, 9.17) is 0 Å². The SMILES string of the molecule is Cc1cccc(C(=O)N2CCCN(C(=O)NC(Cn3cnc4ccccc43)c3ccc(F)cc3)CC2)c1. The second-order valence-corrected chi connectivity index (χ2v) is 9.44. The number of aryl methyl sites for hydroxylation is 1. The largest absolute Gasteiger partial charge is 0.337 e. The molecule has 1 saturated heterocycles. The molecule has 1 aromatic heterocycles. The standard InChI is InChI=1S/C29H30FN5O2/c1-21-6-4-7-23(18-21)28(36)33-14-5-15-34(17-16-33)29(37)32-26(22-10-12-24(30)13-11-22)19-35-20-31-25-8-2-3-9-27(25)35/h2-4,6-13,18,20,26H,5,14-17,19H2,1H3,(H,32,37). The average Bonchev–Trinajstić information content (AvgIpc) is 3.14. The van der Waals surface area contributed by atoms with E-state index in [0.717, 1.165) is 22.2 Å². The van der Waals surface area contributed by atoms with Gasteiger partial charge in [0.2, 0.25) is 0 Å². The van der Waals surface area contributed by atoms with E-state index in [0.29, 0.717) is 44.7 Å². The van der Waals surface area contributed by atoms with Crippen molar-refractivity contribution in [3.63, 3.8) is 0 Å². The van der Waals surface area contributed by atoms with Gasteiger partial charge >= 0.3 is 6.03 Å². The van der Waals surface area contributed by atoms with Crippen molar-refractivity contribution >= 4 is 23.0 Å². The normalized spacial score (nSPS) is 14.9. The second-order valence-electron chi connectivity index (χ2n) is 9.44. The molecule has 8 heteroatoms. The van der Waals surface area contributed by atoms with Crippen LogP contribution < -0.4 is 5.32 Å². The third kappa shape index (κ3) is 5.63. The monoisotopic (exact) mass is 499 g/mol. The Kier molecular flexibility index (Phi) is 7.16. The summed E-state index contributed by atoms with van der Waals surface area (Å²) >= 11 is 0. The van der Waals surface area contributed by atoms with E-state index in [-0.39, 0.29) is 23.8 Å². The number of nitrogens with one attached hydrogen (secondary N) is 1. The van der Waals surface area contributed by atoms with Gasteiger partial charge in [-0.15, -0.1) is 0 Å². The van der Waals surface area contributed by atoms with Crippen molar-refractivity contribution < 1.29 is 14.0 Å². The number of para-hydroxylation sites is 2. The van der Waals surface area contributed by atoms with Gasteiger partial charge in [-0.3, -0.25) is 4.79 Å².